The third-order valence-electron chi connectivity index (χ3n) is 5.12. The Bertz CT molecular complexity index is 1040. The van der Waals surface area contributed by atoms with Gasteiger partial charge in [-0.25, -0.2) is 0 Å². The van der Waals surface area contributed by atoms with E-state index >= 15 is 0 Å². The van der Waals surface area contributed by atoms with Crippen LogP contribution in [-0.2, 0) is 22.7 Å². The first-order chi connectivity index (χ1) is 14.0. The Morgan fingerprint density at radius 1 is 1.14 bits per heavy atom. The molecular weight excluding hydrogens is 374 g/mol. The highest BCUT2D eigenvalue weighted by Gasteiger charge is 2.44. The SMILES string of the molecule is NCc1ccncc1NCc1ccc2c(c1)C(=O)N(C1CCC(=O)NC1=O)C2=O. The van der Waals surface area contributed by atoms with Gasteiger partial charge in [0.25, 0.3) is 11.8 Å². The number of piperidine rings is 1. The highest BCUT2D eigenvalue weighted by Crippen LogP contribution is 2.28. The molecule has 0 spiro atoms. The topological polar surface area (TPSA) is 134 Å². The second-order valence-corrected chi connectivity index (χ2v) is 6.92. The van der Waals surface area contributed by atoms with Gasteiger partial charge >= 0.3 is 0 Å². The van der Waals surface area contributed by atoms with E-state index in [9.17, 15) is 19.2 Å². The first kappa shape index (κ1) is 18.8. The van der Waals surface area contributed by atoms with Gasteiger partial charge < -0.3 is 11.1 Å². The summed E-state index contributed by atoms with van der Waals surface area (Å²) in [6.07, 6.45) is 3.56. The summed E-state index contributed by atoms with van der Waals surface area (Å²) in [7, 11) is 0. The van der Waals surface area contributed by atoms with Gasteiger partial charge in [-0.2, -0.15) is 0 Å². The number of carbonyl (C=O) groups is 4. The minimum Gasteiger partial charge on any atom is -0.379 e. The van der Waals surface area contributed by atoms with Crippen molar-refractivity contribution < 1.29 is 19.2 Å². The molecule has 4 rings (SSSR count). The Morgan fingerprint density at radius 3 is 2.69 bits per heavy atom. The minimum atomic E-state index is -0.968. The molecule has 9 heteroatoms. The van der Waals surface area contributed by atoms with Crippen molar-refractivity contribution in [2.45, 2.75) is 32.0 Å². The first-order valence-corrected chi connectivity index (χ1v) is 9.21. The van der Waals surface area contributed by atoms with Crippen molar-refractivity contribution >= 4 is 29.3 Å². The van der Waals surface area contributed by atoms with Gasteiger partial charge in [0.15, 0.2) is 0 Å². The molecule has 2 aliphatic heterocycles. The number of pyridine rings is 1. The molecule has 1 aromatic heterocycles. The van der Waals surface area contributed by atoms with Crippen LogP contribution in [0.4, 0.5) is 5.69 Å². The zero-order valence-corrected chi connectivity index (χ0v) is 15.5. The molecule has 2 aromatic rings. The summed E-state index contributed by atoms with van der Waals surface area (Å²) in [6.45, 7) is 0.773. The Kier molecular flexibility index (Phi) is 4.81. The van der Waals surface area contributed by atoms with E-state index in [1.54, 1.807) is 30.6 Å². The summed E-state index contributed by atoms with van der Waals surface area (Å²) in [5.74, 6) is -2.06. The molecule has 4 amide bonds. The Labute approximate surface area is 166 Å². The van der Waals surface area contributed by atoms with Crippen LogP contribution in [0.15, 0.2) is 36.7 Å². The number of fused-ring (bicyclic) bond motifs is 1. The van der Waals surface area contributed by atoms with Gasteiger partial charge in [0, 0.05) is 25.7 Å². The zero-order valence-electron chi connectivity index (χ0n) is 15.5. The van der Waals surface area contributed by atoms with Crippen LogP contribution in [-0.4, -0.2) is 39.6 Å². The first-order valence-electron chi connectivity index (χ1n) is 9.21. The number of hydrogen-bond donors (Lipinski definition) is 3. The van der Waals surface area contributed by atoms with Crippen LogP contribution in [0.1, 0.15) is 44.7 Å². The highest BCUT2D eigenvalue weighted by atomic mass is 16.2. The lowest BCUT2D eigenvalue weighted by molar-refractivity contribution is -0.136. The fourth-order valence-corrected chi connectivity index (χ4v) is 3.59. The lowest BCUT2D eigenvalue weighted by Crippen LogP contribution is -2.54. The van der Waals surface area contributed by atoms with Crippen molar-refractivity contribution in [2.75, 3.05) is 5.32 Å². The number of nitrogens with zero attached hydrogens (tertiary/aromatic N) is 2. The summed E-state index contributed by atoms with van der Waals surface area (Å²) < 4.78 is 0. The molecule has 1 fully saturated rings. The predicted molar refractivity (Wildman–Crippen MR) is 103 cm³/mol. The van der Waals surface area contributed by atoms with Crippen LogP contribution in [0.3, 0.4) is 0 Å². The molecule has 0 aliphatic carbocycles. The number of anilines is 1. The molecule has 1 unspecified atom stereocenters. The predicted octanol–water partition coefficient (Wildman–Crippen LogP) is 0.554. The van der Waals surface area contributed by atoms with Crippen molar-refractivity contribution in [3.8, 4) is 0 Å². The molecule has 0 saturated carbocycles. The van der Waals surface area contributed by atoms with E-state index in [2.05, 4.69) is 15.6 Å². The Balaban J connectivity index is 1.54. The van der Waals surface area contributed by atoms with Crippen molar-refractivity contribution in [2.24, 2.45) is 5.73 Å². The summed E-state index contributed by atoms with van der Waals surface area (Å²) in [4.78, 5) is 54.1. The van der Waals surface area contributed by atoms with Gasteiger partial charge in [-0.3, -0.25) is 34.4 Å². The molecular formula is C20H19N5O4. The number of amides is 4. The molecule has 148 valence electrons. The lowest BCUT2D eigenvalue weighted by Gasteiger charge is -2.27. The number of hydrogen-bond acceptors (Lipinski definition) is 7. The summed E-state index contributed by atoms with van der Waals surface area (Å²) in [5.41, 5.74) is 8.74. The quantitative estimate of drug-likeness (QED) is 0.632. The third-order valence-corrected chi connectivity index (χ3v) is 5.12. The van der Waals surface area contributed by atoms with Gasteiger partial charge in [0.05, 0.1) is 23.0 Å². The van der Waals surface area contributed by atoms with Crippen LogP contribution in [0.25, 0.3) is 0 Å². The van der Waals surface area contributed by atoms with E-state index in [0.717, 1.165) is 21.7 Å². The number of benzene rings is 1. The van der Waals surface area contributed by atoms with E-state index in [-0.39, 0.29) is 24.0 Å². The lowest BCUT2D eigenvalue weighted by atomic mass is 10.0. The third kappa shape index (κ3) is 3.36. The van der Waals surface area contributed by atoms with Crippen LogP contribution in [0.5, 0.6) is 0 Å². The molecule has 4 N–H and O–H groups in total. The van der Waals surface area contributed by atoms with E-state index in [1.807, 2.05) is 6.07 Å². The smallest absolute Gasteiger partial charge is 0.262 e. The Hall–Kier alpha value is -3.59. The van der Waals surface area contributed by atoms with E-state index in [1.165, 1.54) is 0 Å². The largest absolute Gasteiger partial charge is 0.379 e. The summed E-state index contributed by atoms with van der Waals surface area (Å²) in [5, 5.41) is 5.41. The molecule has 1 aromatic carbocycles. The maximum Gasteiger partial charge on any atom is 0.262 e. The van der Waals surface area contributed by atoms with Crippen LogP contribution in [0.2, 0.25) is 0 Å². The number of imide groups is 2. The second kappa shape index (κ2) is 7.44. The standard InChI is InChI=1S/C20H19N5O4/c21-8-12-5-6-22-10-15(12)23-9-11-1-2-13-14(7-11)20(29)25(19(13)28)16-3-4-17(26)24-18(16)27/h1-2,5-7,10,16,23H,3-4,8-9,21H2,(H,24,26,27). The van der Waals surface area contributed by atoms with Crippen molar-refractivity contribution in [1.82, 2.24) is 15.2 Å². The van der Waals surface area contributed by atoms with Crippen molar-refractivity contribution in [1.29, 1.82) is 0 Å². The number of rotatable bonds is 5. The Morgan fingerprint density at radius 2 is 1.93 bits per heavy atom. The summed E-state index contributed by atoms with van der Waals surface area (Å²) >= 11 is 0. The average molecular weight is 393 g/mol. The van der Waals surface area contributed by atoms with E-state index in [0.29, 0.717) is 13.1 Å². The molecule has 0 radical (unpaired) electrons. The second-order valence-electron chi connectivity index (χ2n) is 6.92. The molecule has 3 heterocycles. The van der Waals surface area contributed by atoms with Crippen molar-refractivity contribution in [3.63, 3.8) is 0 Å². The molecule has 2 aliphatic rings. The number of nitrogens with two attached hydrogens (primary N) is 1. The van der Waals surface area contributed by atoms with Crippen molar-refractivity contribution in [3.05, 3.63) is 58.9 Å². The van der Waals surface area contributed by atoms with Crippen LogP contribution in [0, 0.1) is 0 Å². The zero-order chi connectivity index (χ0) is 20.5. The molecule has 1 atom stereocenters. The maximum atomic E-state index is 12.9. The maximum absolute atomic E-state index is 12.9. The minimum absolute atomic E-state index is 0.0908. The fourth-order valence-electron chi connectivity index (χ4n) is 3.59. The van der Waals surface area contributed by atoms with Crippen LogP contribution < -0.4 is 16.4 Å². The van der Waals surface area contributed by atoms with Gasteiger partial charge in [-0.1, -0.05) is 6.07 Å². The van der Waals surface area contributed by atoms with E-state index in [4.69, 9.17) is 5.73 Å². The number of aromatic nitrogens is 1. The van der Waals surface area contributed by atoms with Gasteiger partial charge in [-0.05, 0) is 35.7 Å². The summed E-state index contributed by atoms with van der Waals surface area (Å²) in [6, 6.07) is 5.84. The monoisotopic (exact) mass is 393 g/mol. The highest BCUT2D eigenvalue weighted by molar-refractivity contribution is 6.23. The molecule has 9 nitrogen and oxygen atoms in total. The average Bonchev–Trinajstić information content (AvgIpc) is 2.97. The normalized spacial score (nSPS) is 18.7. The number of carbonyl (C=O) groups excluding carboxylic acids is 4. The fraction of sp³-hybridized carbons (Fsp3) is 0.250. The van der Waals surface area contributed by atoms with E-state index < -0.39 is 29.7 Å². The molecule has 0 bridgehead atoms. The molecule has 1 saturated heterocycles. The number of nitrogens with one attached hydrogen (secondary N) is 2. The molecule has 29 heavy (non-hydrogen) atoms. The van der Waals surface area contributed by atoms with Gasteiger partial charge in [0.1, 0.15) is 6.04 Å². The van der Waals surface area contributed by atoms with Gasteiger partial charge in [-0.15, -0.1) is 0 Å². The van der Waals surface area contributed by atoms with Gasteiger partial charge in [0.2, 0.25) is 11.8 Å². The van der Waals surface area contributed by atoms with Crippen LogP contribution >= 0.6 is 0 Å².